The molecule has 0 unspecified atom stereocenters. The molecule has 3 nitrogen and oxygen atoms in total. The van der Waals surface area contributed by atoms with Crippen LogP contribution >= 0.6 is 0 Å². The third kappa shape index (κ3) is 2.98. The van der Waals surface area contributed by atoms with Crippen molar-refractivity contribution < 1.29 is 0 Å². The molecule has 110 valence electrons. The summed E-state index contributed by atoms with van der Waals surface area (Å²) in [6.45, 7) is 16.7. The summed E-state index contributed by atoms with van der Waals surface area (Å²) in [6.07, 6.45) is 4.18. The molecule has 3 saturated heterocycles. The van der Waals surface area contributed by atoms with Gasteiger partial charge in [-0.3, -0.25) is 0 Å². The van der Waals surface area contributed by atoms with Gasteiger partial charge in [0.15, 0.2) is 0 Å². The number of nitrogens with zero attached hydrogens (tertiary/aromatic N) is 3. The summed E-state index contributed by atoms with van der Waals surface area (Å²) in [5.41, 5.74) is 0.721. The monoisotopic (exact) mass is 265 g/mol. The van der Waals surface area contributed by atoms with Crippen LogP contribution in [0.4, 0.5) is 0 Å². The summed E-state index contributed by atoms with van der Waals surface area (Å²) in [5.74, 6) is 0.979. The zero-order valence-electron chi connectivity index (χ0n) is 12.9. The van der Waals surface area contributed by atoms with Crippen molar-refractivity contribution in [2.45, 2.75) is 33.1 Å². The summed E-state index contributed by atoms with van der Waals surface area (Å²) in [7, 11) is 0. The van der Waals surface area contributed by atoms with Gasteiger partial charge in [0.05, 0.1) is 0 Å². The first kappa shape index (κ1) is 13.8. The summed E-state index contributed by atoms with van der Waals surface area (Å²) in [5, 5.41) is 0. The molecule has 0 N–H and O–H groups in total. The quantitative estimate of drug-likeness (QED) is 0.750. The minimum absolute atomic E-state index is 0.721. The van der Waals surface area contributed by atoms with E-state index < -0.39 is 0 Å². The average Bonchev–Trinajstić information content (AvgIpc) is 2.33. The van der Waals surface area contributed by atoms with Crippen LogP contribution in [-0.2, 0) is 0 Å². The van der Waals surface area contributed by atoms with Crippen LogP contribution in [0.2, 0.25) is 0 Å². The highest BCUT2D eigenvalue weighted by Crippen LogP contribution is 2.40. The lowest BCUT2D eigenvalue weighted by Crippen LogP contribution is -2.72. The van der Waals surface area contributed by atoms with Gasteiger partial charge in [-0.2, -0.15) is 0 Å². The van der Waals surface area contributed by atoms with Crippen molar-refractivity contribution in [2.75, 3.05) is 58.9 Å². The maximum atomic E-state index is 2.73. The van der Waals surface area contributed by atoms with Gasteiger partial charge in [0.25, 0.3) is 0 Å². The molecule has 3 fully saturated rings. The molecule has 0 saturated carbocycles. The van der Waals surface area contributed by atoms with E-state index >= 15 is 0 Å². The Morgan fingerprint density at radius 1 is 0.895 bits per heavy atom. The van der Waals surface area contributed by atoms with Crippen molar-refractivity contribution in [3.05, 3.63) is 0 Å². The fraction of sp³-hybridized carbons (Fsp3) is 1.00. The highest BCUT2D eigenvalue weighted by Gasteiger charge is 2.50. The number of piperidine rings is 1. The lowest BCUT2D eigenvalue weighted by molar-refractivity contribution is -0.118. The molecule has 0 aromatic rings. The molecule has 0 aromatic carbocycles. The van der Waals surface area contributed by atoms with Crippen LogP contribution in [0.15, 0.2) is 0 Å². The molecule has 1 spiro atoms. The minimum atomic E-state index is 0.721. The Balaban J connectivity index is 1.32. The molecule has 0 bridgehead atoms. The van der Waals surface area contributed by atoms with E-state index in [0.717, 1.165) is 11.3 Å². The smallest absolute Gasteiger partial charge is 0.0212 e. The van der Waals surface area contributed by atoms with Crippen LogP contribution in [0.3, 0.4) is 0 Å². The van der Waals surface area contributed by atoms with Gasteiger partial charge >= 0.3 is 0 Å². The zero-order chi connectivity index (χ0) is 13.3. The molecule has 0 radical (unpaired) electrons. The summed E-state index contributed by atoms with van der Waals surface area (Å²) < 4.78 is 0. The minimum Gasteiger partial charge on any atom is -0.303 e. The molecule has 3 rings (SSSR count). The second-order valence-electron chi connectivity index (χ2n) is 7.26. The summed E-state index contributed by atoms with van der Waals surface area (Å²) in [4.78, 5) is 7.97. The second-order valence-corrected chi connectivity index (χ2v) is 7.26. The van der Waals surface area contributed by atoms with Gasteiger partial charge in [-0.25, -0.2) is 0 Å². The standard InChI is InChI=1S/C16H31N3/c1-3-7-18-8-5-15(6-9-18)10-19-13-16(14-19)11-17(4-2)12-16/h15H,3-14H2,1-2H3. The fourth-order valence-electron chi connectivity index (χ4n) is 4.43. The van der Waals surface area contributed by atoms with Gasteiger partial charge in [0.2, 0.25) is 0 Å². The molecule has 19 heavy (non-hydrogen) atoms. The molecule has 0 amide bonds. The second kappa shape index (κ2) is 5.71. The van der Waals surface area contributed by atoms with Gasteiger partial charge in [-0.05, 0) is 51.4 Å². The third-order valence-corrected chi connectivity index (χ3v) is 5.45. The first-order valence-corrected chi connectivity index (χ1v) is 8.40. The number of hydrogen-bond acceptors (Lipinski definition) is 3. The van der Waals surface area contributed by atoms with Crippen LogP contribution in [-0.4, -0.2) is 73.6 Å². The van der Waals surface area contributed by atoms with Crippen molar-refractivity contribution in [3.8, 4) is 0 Å². The van der Waals surface area contributed by atoms with E-state index in [0.29, 0.717) is 0 Å². The Bertz CT molecular complexity index is 282. The Morgan fingerprint density at radius 2 is 1.53 bits per heavy atom. The largest absolute Gasteiger partial charge is 0.303 e. The SMILES string of the molecule is CCCN1CCC(CN2CC3(CN(CC)C3)C2)CC1. The van der Waals surface area contributed by atoms with E-state index in [1.165, 1.54) is 78.2 Å². The Labute approximate surface area is 118 Å². The molecule has 0 aromatic heterocycles. The van der Waals surface area contributed by atoms with Crippen molar-refractivity contribution in [1.29, 1.82) is 0 Å². The normalized spacial score (nSPS) is 29.4. The Hall–Kier alpha value is -0.120. The molecular formula is C16H31N3. The number of likely N-dealkylation sites (tertiary alicyclic amines) is 3. The molecule has 3 heteroatoms. The van der Waals surface area contributed by atoms with Crippen LogP contribution in [0.1, 0.15) is 33.1 Å². The predicted octanol–water partition coefficient (Wildman–Crippen LogP) is 1.75. The molecule has 3 aliphatic rings. The fourth-order valence-corrected chi connectivity index (χ4v) is 4.43. The van der Waals surface area contributed by atoms with Crippen molar-refractivity contribution in [1.82, 2.24) is 14.7 Å². The molecule has 3 heterocycles. The summed E-state index contributed by atoms with van der Waals surface area (Å²) in [6, 6.07) is 0. The molecular weight excluding hydrogens is 234 g/mol. The first-order valence-electron chi connectivity index (χ1n) is 8.40. The van der Waals surface area contributed by atoms with E-state index in [9.17, 15) is 0 Å². The van der Waals surface area contributed by atoms with Crippen molar-refractivity contribution in [3.63, 3.8) is 0 Å². The van der Waals surface area contributed by atoms with Gasteiger partial charge in [-0.15, -0.1) is 0 Å². The average molecular weight is 265 g/mol. The van der Waals surface area contributed by atoms with Gasteiger partial charge < -0.3 is 14.7 Å². The van der Waals surface area contributed by atoms with Crippen molar-refractivity contribution >= 4 is 0 Å². The molecule has 3 aliphatic heterocycles. The predicted molar refractivity (Wildman–Crippen MR) is 80.4 cm³/mol. The van der Waals surface area contributed by atoms with E-state index in [-0.39, 0.29) is 0 Å². The Kier molecular flexibility index (Phi) is 4.16. The Morgan fingerprint density at radius 3 is 2.11 bits per heavy atom. The third-order valence-electron chi connectivity index (χ3n) is 5.45. The number of hydrogen-bond donors (Lipinski definition) is 0. The van der Waals surface area contributed by atoms with Gasteiger partial charge in [0.1, 0.15) is 0 Å². The first-order chi connectivity index (χ1) is 9.23. The summed E-state index contributed by atoms with van der Waals surface area (Å²) >= 11 is 0. The zero-order valence-corrected chi connectivity index (χ0v) is 12.9. The van der Waals surface area contributed by atoms with Crippen molar-refractivity contribution in [2.24, 2.45) is 11.3 Å². The highest BCUT2D eigenvalue weighted by molar-refractivity contribution is 5.05. The lowest BCUT2D eigenvalue weighted by atomic mass is 9.72. The van der Waals surface area contributed by atoms with Crippen LogP contribution in [0.5, 0.6) is 0 Å². The van der Waals surface area contributed by atoms with E-state index in [2.05, 4.69) is 28.5 Å². The van der Waals surface area contributed by atoms with E-state index in [1.807, 2.05) is 0 Å². The maximum Gasteiger partial charge on any atom is 0.0212 e. The van der Waals surface area contributed by atoms with Crippen LogP contribution in [0, 0.1) is 11.3 Å². The van der Waals surface area contributed by atoms with E-state index in [4.69, 9.17) is 0 Å². The van der Waals surface area contributed by atoms with Gasteiger partial charge in [-0.1, -0.05) is 13.8 Å². The highest BCUT2D eigenvalue weighted by atomic mass is 15.3. The topological polar surface area (TPSA) is 9.72 Å². The van der Waals surface area contributed by atoms with Crippen LogP contribution < -0.4 is 0 Å². The lowest BCUT2D eigenvalue weighted by Gasteiger charge is -2.61. The van der Waals surface area contributed by atoms with E-state index in [1.54, 1.807) is 0 Å². The molecule has 0 atom stereocenters. The number of rotatable bonds is 5. The maximum absolute atomic E-state index is 2.73. The molecule has 0 aliphatic carbocycles. The van der Waals surface area contributed by atoms with Gasteiger partial charge in [0, 0.05) is 38.1 Å². The van der Waals surface area contributed by atoms with Crippen LogP contribution in [0.25, 0.3) is 0 Å².